The number of esters is 1. The molecule has 0 N–H and O–H groups in total. The van der Waals surface area contributed by atoms with E-state index in [4.69, 9.17) is 14.2 Å². The highest BCUT2D eigenvalue weighted by molar-refractivity contribution is 5.73. The van der Waals surface area contributed by atoms with Gasteiger partial charge < -0.3 is 14.2 Å². The molecule has 0 radical (unpaired) electrons. The van der Waals surface area contributed by atoms with Gasteiger partial charge in [-0.15, -0.1) is 0 Å². The Labute approximate surface area is 120 Å². The monoisotopic (exact) mass is 280 g/mol. The van der Waals surface area contributed by atoms with E-state index in [-0.39, 0.29) is 17.5 Å². The van der Waals surface area contributed by atoms with Crippen molar-refractivity contribution in [3.05, 3.63) is 0 Å². The number of fused-ring (bicyclic) bond motifs is 2. The van der Waals surface area contributed by atoms with Crippen LogP contribution < -0.4 is 0 Å². The first-order valence-corrected chi connectivity index (χ1v) is 8.07. The lowest BCUT2D eigenvalue weighted by atomic mass is 9.80. The van der Waals surface area contributed by atoms with Gasteiger partial charge in [0.15, 0.2) is 0 Å². The van der Waals surface area contributed by atoms with Gasteiger partial charge in [0.05, 0.1) is 24.2 Å². The van der Waals surface area contributed by atoms with Gasteiger partial charge in [-0.2, -0.15) is 0 Å². The largest absolute Gasteiger partial charge is 0.462 e. The van der Waals surface area contributed by atoms with E-state index in [1.54, 1.807) is 0 Å². The molecule has 112 valence electrons. The molecular formula is C16H24O4. The molecule has 7 atom stereocenters. The summed E-state index contributed by atoms with van der Waals surface area (Å²) in [6.07, 6.45) is 6.27. The number of carbonyl (C=O) groups is 1. The van der Waals surface area contributed by atoms with Crippen LogP contribution in [-0.2, 0) is 19.0 Å². The number of epoxide rings is 2. The van der Waals surface area contributed by atoms with E-state index < -0.39 is 0 Å². The quantitative estimate of drug-likeness (QED) is 0.588. The van der Waals surface area contributed by atoms with Crippen molar-refractivity contribution in [1.29, 1.82) is 0 Å². The van der Waals surface area contributed by atoms with E-state index in [0.29, 0.717) is 30.8 Å². The van der Waals surface area contributed by atoms with Gasteiger partial charge in [-0.3, -0.25) is 4.79 Å². The average Bonchev–Trinajstić information content (AvgIpc) is 3.29. The molecule has 4 aliphatic rings. The molecule has 20 heavy (non-hydrogen) atoms. The summed E-state index contributed by atoms with van der Waals surface area (Å²) >= 11 is 0. The second-order valence-corrected chi connectivity index (χ2v) is 7.43. The zero-order valence-corrected chi connectivity index (χ0v) is 12.3. The van der Waals surface area contributed by atoms with Crippen LogP contribution in [0.15, 0.2) is 0 Å². The SMILES string of the molecule is CC1CCC2(COC(=O)C3CC4OC4CC3C)OC2C1. The number of hydrogen-bond donors (Lipinski definition) is 0. The van der Waals surface area contributed by atoms with Crippen LogP contribution >= 0.6 is 0 Å². The second-order valence-electron chi connectivity index (χ2n) is 7.43. The predicted molar refractivity (Wildman–Crippen MR) is 72.1 cm³/mol. The normalized spacial score (nSPS) is 52.7. The van der Waals surface area contributed by atoms with Crippen molar-refractivity contribution in [3.8, 4) is 0 Å². The molecule has 0 aromatic carbocycles. The second kappa shape index (κ2) is 4.44. The highest BCUT2D eigenvalue weighted by Gasteiger charge is 2.59. The van der Waals surface area contributed by atoms with Gasteiger partial charge in [0.1, 0.15) is 12.2 Å². The summed E-state index contributed by atoms with van der Waals surface area (Å²) in [6, 6.07) is 0. The molecule has 2 heterocycles. The minimum atomic E-state index is -0.126. The third kappa shape index (κ3) is 2.17. The number of hydrogen-bond acceptors (Lipinski definition) is 4. The highest BCUT2D eigenvalue weighted by atomic mass is 16.6. The first-order valence-electron chi connectivity index (χ1n) is 8.07. The molecule has 2 aliphatic carbocycles. The van der Waals surface area contributed by atoms with Crippen molar-refractivity contribution in [2.45, 2.75) is 69.9 Å². The van der Waals surface area contributed by atoms with E-state index in [1.807, 2.05) is 0 Å². The standard InChI is InChI=1S/C16H24O4/c1-9-3-4-16(14(5-9)20-16)8-18-15(17)11-7-13-12(19-13)6-10(11)2/h9-14H,3-8H2,1-2H3. The molecule has 0 spiro atoms. The molecule has 4 nitrogen and oxygen atoms in total. The van der Waals surface area contributed by atoms with E-state index in [1.165, 1.54) is 6.42 Å². The average molecular weight is 280 g/mol. The fourth-order valence-corrected chi connectivity index (χ4v) is 4.14. The van der Waals surface area contributed by atoms with Crippen LogP contribution in [0.3, 0.4) is 0 Å². The molecule has 0 aromatic heterocycles. The molecule has 7 unspecified atom stereocenters. The minimum absolute atomic E-state index is 0.0230. The van der Waals surface area contributed by atoms with Gasteiger partial charge in [-0.25, -0.2) is 0 Å². The summed E-state index contributed by atoms with van der Waals surface area (Å²) in [5.41, 5.74) is -0.126. The number of rotatable bonds is 3. The summed E-state index contributed by atoms with van der Waals surface area (Å²) in [7, 11) is 0. The summed E-state index contributed by atoms with van der Waals surface area (Å²) < 4.78 is 17.0. The Kier molecular flexibility index (Phi) is 2.90. The summed E-state index contributed by atoms with van der Waals surface area (Å²) in [4.78, 5) is 12.3. The third-order valence-corrected chi connectivity index (χ3v) is 5.81. The van der Waals surface area contributed by atoms with Crippen LogP contribution in [0, 0.1) is 17.8 Å². The molecule has 2 aliphatic heterocycles. The molecule has 4 fully saturated rings. The minimum Gasteiger partial charge on any atom is -0.462 e. The van der Waals surface area contributed by atoms with Gasteiger partial charge in [0.25, 0.3) is 0 Å². The molecule has 0 bridgehead atoms. The highest BCUT2D eigenvalue weighted by Crippen LogP contribution is 2.50. The Morgan fingerprint density at radius 3 is 2.85 bits per heavy atom. The zero-order valence-electron chi connectivity index (χ0n) is 12.3. The first-order chi connectivity index (χ1) is 9.57. The van der Waals surface area contributed by atoms with Crippen LogP contribution in [0.25, 0.3) is 0 Å². The molecule has 0 aromatic rings. The lowest BCUT2D eigenvalue weighted by Crippen LogP contribution is -2.34. The Bertz CT molecular complexity index is 423. The maximum atomic E-state index is 12.3. The predicted octanol–water partition coefficient (Wildman–Crippen LogP) is 2.30. The Morgan fingerprint density at radius 2 is 2.05 bits per heavy atom. The van der Waals surface area contributed by atoms with Crippen molar-refractivity contribution < 1.29 is 19.0 Å². The maximum absolute atomic E-state index is 12.3. The van der Waals surface area contributed by atoms with Crippen LogP contribution in [-0.4, -0.2) is 36.5 Å². The molecule has 0 amide bonds. The van der Waals surface area contributed by atoms with Crippen molar-refractivity contribution in [3.63, 3.8) is 0 Å². The van der Waals surface area contributed by atoms with E-state index in [9.17, 15) is 4.79 Å². The van der Waals surface area contributed by atoms with Gasteiger partial charge in [-0.05, 0) is 43.9 Å². The number of carbonyl (C=O) groups excluding carboxylic acids is 1. The van der Waals surface area contributed by atoms with Crippen molar-refractivity contribution >= 4 is 5.97 Å². The molecule has 2 saturated carbocycles. The third-order valence-electron chi connectivity index (χ3n) is 5.81. The summed E-state index contributed by atoms with van der Waals surface area (Å²) in [5.74, 6) is 1.11. The van der Waals surface area contributed by atoms with Crippen molar-refractivity contribution in [1.82, 2.24) is 0 Å². The molecular weight excluding hydrogens is 256 g/mol. The van der Waals surface area contributed by atoms with Gasteiger partial charge >= 0.3 is 5.97 Å². The van der Waals surface area contributed by atoms with Gasteiger partial charge in [0.2, 0.25) is 0 Å². The first kappa shape index (κ1) is 13.1. The van der Waals surface area contributed by atoms with Crippen LogP contribution in [0.5, 0.6) is 0 Å². The summed E-state index contributed by atoms with van der Waals surface area (Å²) in [5, 5.41) is 0. The maximum Gasteiger partial charge on any atom is 0.309 e. The fourth-order valence-electron chi connectivity index (χ4n) is 4.14. The topological polar surface area (TPSA) is 51.4 Å². The molecule has 4 heteroatoms. The number of ether oxygens (including phenoxy) is 3. The van der Waals surface area contributed by atoms with Crippen LogP contribution in [0.4, 0.5) is 0 Å². The van der Waals surface area contributed by atoms with Crippen molar-refractivity contribution in [2.24, 2.45) is 17.8 Å². The van der Waals surface area contributed by atoms with Gasteiger partial charge in [-0.1, -0.05) is 13.8 Å². The Morgan fingerprint density at radius 1 is 1.25 bits per heavy atom. The van der Waals surface area contributed by atoms with Gasteiger partial charge in [0, 0.05) is 0 Å². The lowest BCUT2D eigenvalue weighted by Gasteiger charge is -2.26. The van der Waals surface area contributed by atoms with Crippen LogP contribution in [0.1, 0.15) is 46.0 Å². The lowest BCUT2D eigenvalue weighted by molar-refractivity contribution is -0.153. The van der Waals surface area contributed by atoms with E-state index >= 15 is 0 Å². The summed E-state index contributed by atoms with van der Waals surface area (Å²) in [6.45, 7) is 4.87. The zero-order chi connectivity index (χ0) is 13.9. The Balaban J connectivity index is 1.30. The van der Waals surface area contributed by atoms with Crippen molar-refractivity contribution in [2.75, 3.05) is 6.61 Å². The van der Waals surface area contributed by atoms with Crippen LogP contribution in [0.2, 0.25) is 0 Å². The van der Waals surface area contributed by atoms with E-state index in [2.05, 4.69) is 13.8 Å². The fraction of sp³-hybridized carbons (Fsp3) is 0.938. The Hall–Kier alpha value is -0.610. The van der Waals surface area contributed by atoms with E-state index in [0.717, 1.165) is 31.6 Å². The molecule has 2 saturated heterocycles. The molecule has 4 rings (SSSR count). The smallest absolute Gasteiger partial charge is 0.309 e.